The Morgan fingerprint density at radius 1 is 1.50 bits per heavy atom. The molecule has 0 saturated carbocycles. The van der Waals surface area contributed by atoms with E-state index in [9.17, 15) is 23.3 Å². The second-order valence-electron chi connectivity index (χ2n) is 4.32. The maximum atomic E-state index is 12.5. The number of carbonyl (C=O) groups is 1. The fraction of sp³-hybridized carbons (Fsp3) is 0.417. The summed E-state index contributed by atoms with van der Waals surface area (Å²) in [6, 6.07) is 2.08. The van der Waals surface area contributed by atoms with Crippen LogP contribution >= 0.6 is 11.6 Å². The zero-order valence-corrected chi connectivity index (χ0v) is 13.7. The predicted molar refractivity (Wildman–Crippen MR) is 79.2 cm³/mol. The fourth-order valence-corrected chi connectivity index (χ4v) is 3.24. The Morgan fingerprint density at radius 2 is 2.09 bits per heavy atom. The quantitative estimate of drug-likeness (QED) is 0.440. The van der Waals surface area contributed by atoms with E-state index in [4.69, 9.17) is 16.3 Å². The average molecular weight is 351 g/mol. The molecule has 0 saturated heterocycles. The Morgan fingerprint density at radius 3 is 2.59 bits per heavy atom. The maximum Gasteiger partial charge on any atom is 0.324 e. The first-order valence-corrected chi connectivity index (χ1v) is 8.03. The Labute approximate surface area is 132 Å². The summed E-state index contributed by atoms with van der Waals surface area (Å²) in [6.07, 6.45) is 0. The van der Waals surface area contributed by atoms with Gasteiger partial charge in [-0.05, 0) is 26.0 Å². The van der Waals surface area contributed by atoms with Gasteiger partial charge in [0, 0.05) is 18.1 Å². The molecule has 0 bridgehead atoms. The fourth-order valence-electron chi connectivity index (χ4n) is 1.63. The number of halogens is 1. The second-order valence-corrected chi connectivity index (χ2v) is 6.72. The lowest BCUT2D eigenvalue weighted by Crippen LogP contribution is -2.41. The third-order valence-electron chi connectivity index (χ3n) is 2.95. The van der Waals surface area contributed by atoms with Crippen LogP contribution in [0.5, 0.6) is 0 Å². The van der Waals surface area contributed by atoms with Crippen LogP contribution in [0.1, 0.15) is 13.8 Å². The Hall–Kier alpha value is -1.71. The molecule has 0 fully saturated rings. The summed E-state index contributed by atoms with van der Waals surface area (Å²) < 4.78 is 30.5. The van der Waals surface area contributed by atoms with Crippen LogP contribution in [-0.2, 0) is 19.6 Å². The lowest BCUT2D eigenvalue weighted by molar-refractivity contribution is -0.387. The van der Waals surface area contributed by atoms with E-state index in [2.05, 4.69) is 0 Å². The normalized spacial score (nSPS) is 13.0. The number of rotatable bonds is 6. The first kappa shape index (κ1) is 18.3. The lowest BCUT2D eigenvalue weighted by atomic mass is 10.3. The number of nitro benzene ring substituents is 1. The van der Waals surface area contributed by atoms with Crippen molar-refractivity contribution in [1.29, 1.82) is 0 Å². The van der Waals surface area contributed by atoms with Crippen molar-refractivity contribution in [2.45, 2.75) is 24.8 Å². The van der Waals surface area contributed by atoms with Gasteiger partial charge >= 0.3 is 5.97 Å². The first-order valence-electron chi connectivity index (χ1n) is 6.21. The number of nitrogens with zero attached hydrogens (tertiary/aromatic N) is 2. The predicted octanol–water partition coefficient (Wildman–Crippen LogP) is 1.82. The van der Waals surface area contributed by atoms with Crippen LogP contribution in [0.15, 0.2) is 23.1 Å². The van der Waals surface area contributed by atoms with Crippen LogP contribution in [0.3, 0.4) is 0 Å². The highest BCUT2D eigenvalue weighted by Gasteiger charge is 2.35. The summed E-state index contributed by atoms with van der Waals surface area (Å²) in [7, 11) is -3.11. The minimum absolute atomic E-state index is 0.0340. The first-order chi connectivity index (χ1) is 10.1. The van der Waals surface area contributed by atoms with Crippen LogP contribution in [0.4, 0.5) is 5.69 Å². The van der Waals surface area contributed by atoms with Crippen LogP contribution < -0.4 is 0 Å². The number of likely N-dealkylation sites (N-methyl/N-ethyl adjacent to an activating group) is 1. The molecule has 22 heavy (non-hydrogen) atoms. The molecule has 0 aliphatic rings. The summed E-state index contributed by atoms with van der Waals surface area (Å²) >= 11 is 5.66. The summed E-state index contributed by atoms with van der Waals surface area (Å²) in [6.45, 7) is 3.01. The molecule has 0 aromatic heterocycles. The molecule has 1 aromatic carbocycles. The van der Waals surface area contributed by atoms with Gasteiger partial charge in [-0.1, -0.05) is 11.6 Å². The van der Waals surface area contributed by atoms with Gasteiger partial charge in [-0.2, -0.15) is 4.31 Å². The molecule has 1 rings (SSSR count). The molecule has 10 heteroatoms. The standard InChI is InChI=1S/C12H15ClN2O6S/c1-4-21-12(16)8(2)14(3)22(19,20)11-6-5-9(13)7-10(11)15(17)18/h5-8H,4H2,1-3H3/t8-/m1/s1. The number of esters is 1. The van der Waals surface area contributed by atoms with Gasteiger partial charge in [0.2, 0.25) is 10.0 Å². The van der Waals surface area contributed by atoms with Gasteiger partial charge in [-0.25, -0.2) is 8.42 Å². The van der Waals surface area contributed by atoms with E-state index in [0.29, 0.717) is 0 Å². The third kappa shape index (κ3) is 3.73. The Balaban J connectivity index is 3.30. The van der Waals surface area contributed by atoms with E-state index in [1.54, 1.807) is 6.92 Å². The number of nitro groups is 1. The van der Waals surface area contributed by atoms with Crippen molar-refractivity contribution in [3.05, 3.63) is 33.3 Å². The number of hydrogen-bond acceptors (Lipinski definition) is 6. The van der Waals surface area contributed by atoms with Crippen molar-refractivity contribution in [3.63, 3.8) is 0 Å². The van der Waals surface area contributed by atoms with E-state index < -0.39 is 37.5 Å². The molecule has 0 unspecified atom stereocenters. The largest absolute Gasteiger partial charge is 0.465 e. The molecule has 0 radical (unpaired) electrons. The van der Waals surface area contributed by atoms with Gasteiger partial charge in [0.15, 0.2) is 4.90 Å². The van der Waals surface area contributed by atoms with Gasteiger partial charge in [0.05, 0.1) is 11.5 Å². The van der Waals surface area contributed by atoms with E-state index in [1.165, 1.54) is 13.0 Å². The lowest BCUT2D eigenvalue weighted by Gasteiger charge is -2.22. The zero-order valence-electron chi connectivity index (χ0n) is 12.1. The molecule has 0 spiro atoms. The molecule has 0 aliphatic carbocycles. The number of ether oxygens (including phenoxy) is 1. The monoisotopic (exact) mass is 350 g/mol. The molecule has 0 N–H and O–H groups in total. The highest BCUT2D eigenvalue weighted by atomic mass is 35.5. The molecule has 1 aromatic rings. The highest BCUT2D eigenvalue weighted by Crippen LogP contribution is 2.29. The van der Waals surface area contributed by atoms with Gasteiger partial charge in [-0.3, -0.25) is 14.9 Å². The second kappa shape index (κ2) is 7.03. The smallest absolute Gasteiger partial charge is 0.324 e. The van der Waals surface area contributed by atoms with Crippen molar-refractivity contribution in [1.82, 2.24) is 4.31 Å². The number of benzene rings is 1. The van der Waals surface area contributed by atoms with Crippen molar-refractivity contribution in [3.8, 4) is 0 Å². The van der Waals surface area contributed by atoms with Crippen LogP contribution in [-0.4, -0.2) is 43.3 Å². The molecule has 122 valence electrons. The van der Waals surface area contributed by atoms with Gasteiger partial charge < -0.3 is 4.74 Å². The highest BCUT2D eigenvalue weighted by molar-refractivity contribution is 7.89. The van der Waals surface area contributed by atoms with E-state index >= 15 is 0 Å². The molecular weight excluding hydrogens is 336 g/mol. The van der Waals surface area contributed by atoms with Crippen LogP contribution in [0.2, 0.25) is 5.02 Å². The number of sulfonamides is 1. The van der Waals surface area contributed by atoms with E-state index in [1.807, 2.05) is 0 Å². The Bertz CT molecular complexity index is 691. The Kier molecular flexibility index (Phi) is 5.86. The number of hydrogen-bond donors (Lipinski definition) is 0. The minimum Gasteiger partial charge on any atom is -0.465 e. The molecule has 1 atom stereocenters. The van der Waals surface area contributed by atoms with E-state index in [-0.39, 0.29) is 11.6 Å². The van der Waals surface area contributed by atoms with Crippen molar-refractivity contribution < 1.29 is 22.9 Å². The average Bonchev–Trinajstić information content (AvgIpc) is 2.45. The maximum absolute atomic E-state index is 12.5. The molecular formula is C12H15ClN2O6S. The minimum atomic E-state index is -4.26. The summed E-state index contributed by atoms with van der Waals surface area (Å²) in [4.78, 5) is 21.3. The van der Waals surface area contributed by atoms with Gasteiger partial charge in [0.1, 0.15) is 6.04 Å². The van der Waals surface area contributed by atoms with Crippen LogP contribution in [0.25, 0.3) is 0 Å². The molecule has 0 aliphatic heterocycles. The topological polar surface area (TPSA) is 107 Å². The van der Waals surface area contributed by atoms with Crippen LogP contribution in [0, 0.1) is 10.1 Å². The molecule has 0 amide bonds. The van der Waals surface area contributed by atoms with Crippen molar-refractivity contribution in [2.24, 2.45) is 0 Å². The molecule has 0 heterocycles. The van der Waals surface area contributed by atoms with Gasteiger partial charge in [-0.15, -0.1) is 0 Å². The third-order valence-corrected chi connectivity index (χ3v) is 5.16. The van der Waals surface area contributed by atoms with E-state index in [0.717, 1.165) is 23.5 Å². The SMILES string of the molecule is CCOC(=O)[C@@H](C)N(C)S(=O)(=O)c1ccc(Cl)cc1[N+](=O)[O-]. The molecule has 8 nitrogen and oxygen atoms in total. The summed E-state index contributed by atoms with van der Waals surface area (Å²) in [5, 5.41) is 11.1. The zero-order chi connectivity index (χ0) is 17.1. The van der Waals surface area contributed by atoms with Gasteiger partial charge in [0.25, 0.3) is 5.69 Å². The van der Waals surface area contributed by atoms with Crippen molar-refractivity contribution in [2.75, 3.05) is 13.7 Å². The number of carbonyl (C=O) groups excluding carboxylic acids is 1. The summed E-state index contributed by atoms with van der Waals surface area (Å²) in [5.74, 6) is -0.745. The summed E-state index contributed by atoms with van der Waals surface area (Å²) in [5.41, 5.74) is -0.657. The van der Waals surface area contributed by atoms with Crippen molar-refractivity contribution >= 4 is 33.3 Å².